The molecule has 1 aromatic heterocycles. The molecule has 1 amide bonds. The van der Waals surface area contributed by atoms with Crippen LogP contribution in [0, 0.1) is 11.7 Å². The summed E-state index contributed by atoms with van der Waals surface area (Å²) in [6.07, 6.45) is 3.61. The largest absolute Gasteiger partial charge is 0.349 e. The number of nitrogens with one attached hydrogen (secondary N) is 2. The maximum atomic E-state index is 13.1. The predicted octanol–water partition coefficient (Wildman–Crippen LogP) is 1.84. The molecule has 5 nitrogen and oxygen atoms in total. The van der Waals surface area contributed by atoms with Gasteiger partial charge < -0.3 is 16.0 Å². The fourth-order valence-corrected chi connectivity index (χ4v) is 2.93. The number of hydrogen-bond donors (Lipinski definition) is 3. The first-order valence-corrected chi connectivity index (χ1v) is 7.28. The van der Waals surface area contributed by atoms with Gasteiger partial charge in [0.05, 0.1) is 17.6 Å². The first kappa shape index (κ1) is 14.0. The fraction of sp³-hybridized carbons (Fsp3) is 0.467. The van der Waals surface area contributed by atoms with E-state index in [9.17, 15) is 9.18 Å². The van der Waals surface area contributed by atoms with Crippen molar-refractivity contribution < 1.29 is 9.18 Å². The maximum Gasteiger partial charge on any atom is 0.220 e. The van der Waals surface area contributed by atoms with Crippen LogP contribution in [0.2, 0.25) is 0 Å². The van der Waals surface area contributed by atoms with E-state index in [1.54, 1.807) is 6.07 Å². The van der Waals surface area contributed by atoms with Gasteiger partial charge in [0.2, 0.25) is 5.91 Å². The summed E-state index contributed by atoms with van der Waals surface area (Å²) in [7, 11) is 0. The van der Waals surface area contributed by atoms with Crippen molar-refractivity contribution in [2.45, 2.75) is 38.3 Å². The number of imidazole rings is 1. The minimum Gasteiger partial charge on any atom is -0.349 e. The monoisotopic (exact) mass is 290 g/mol. The minimum absolute atomic E-state index is 0.0102. The lowest BCUT2D eigenvalue weighted by atomic mass is 10.00. The van der Waals surface area contributed by atoms with E-state index >= 15 is 0 Å². The lowest BCUT2D eigenvalue weighted by molar-refractivity contribution is -0.122. The summed E-state index contributed by atoms with van der Waals surface area (Å²) in [4.78, 5) is 19.2. The molecule has 1 fully saturated rings. The molecule has 0 saturated heterocycles. The van der Waals surface area contributed by atoms with Crippen LogP contribution in [-0.2, 0) is 11.3 Å². The number of hydrogen-bond acceptors (Lipinski definition) is 3. The van der Waals surface area contributed by atoms with E-state index in [0.717, 1.165) is 19.3 Å². The molecule has 21 heavy (non-hydrogen) atoms. The van der Waals surface area contributed by atoms with Crippen molar-refractivity contribution in [1.29, 1.82) is 0 Å². The van der Waals surface area contributed by atoms with Gasteiger partial charge in [0, 0.05) is 12.5 Å². The lowest BCUT2D eigenvalue weighted by Gasteiger charge is -2.14. The molecular formula is C15H19FN4O. The molecule has 2 aromatic rings. The van der Waals surface area contributed by atoms with E-state index in [4.69, 9.17) is 5.73 Å². The van der Waals surface area contributed by atoms with E-state index in [0.29, 0.717) is 29.8 Å². The molecule has 0 bridgehead atoms. The molecule has 0 radical (unpaired) electrons. The van der Waals surface area contributed by atoms with Crippen LogP contribution < -0.4 is 11.1 Å². The van der Waals surface area contributed by atoms with Crippen LogP contribution in [0.25, 0.3) is 11.0 Å². The van der Waals surface area contributed by atoms with Gasteiger partial charge in [-0.2, -0.15) is 0 Å². The Morgan fingerprint density at radius 3 is 3.10 bits per heavy atom. The van der Waals surface area contributed by atoms with E-state index in [1.165, 1.54) is 12.1 Å². The normalized spacial score (nSPS) is 21.8. The van der Waals surface area contributed by atoms with Crippen molar-refractivity contribution in [1.82, 2.24) is 15.3 Å². The van der Waals surface area contributed by atoms with E-state index < -0.39 is 0 Å². The summed E-state index contributed by atoms with van der Waals surface area (Å²) in [5.74, 6) is 0.593. The highest BCUT2D eigenvalue weighted by Gasteiger charge is 2.25. The van der Waals surface area contributed by atoms with Gasteiger partial charge in [0.1, 0.15) is 11.6 Å². The van der Waals surface area contributed by atoms with Crippen molar-refractivity contribution in [2.75, 3.05) is 0 Å². The summed E-state index contributed by atoms with van der Waals surface area (Å²) in [6.45, 7) is 0.317. The van der Waals surface area contributed by atoms with Gasteiger partial charge in [0.15, 0.2) is 0 Å². The minimum atomic E-state index is -0.308. The zero-order valence-electron chi connectivity index (χ0n) is 11.7. The molecule has 0 spiro atoms. The number of carbonyl (C=O) groups is 1. The highest BCUT2D eigenvalue weighted by molar-refractivity contribution is 5.77. The predicted molar refractivity (Wildman–Crippen MR) is 77.8 cm³/mol. The van der Waals surface area contributed by atoms with Gasteiger partial charge in [-0.05, 0) is 37.0 Å². The number of aromatic amines is 1. The number of fused-ring (bicyclic) bond motifs is 1. The zero-order chi connectivity index (χ0) is 14.8. The van der Waals surface area contributed by atoms with Gasteiger partial charge in [-0.3, -0.25) is 4.79 Å². The number of carbonyl (C=O) groups excluding carboxylic acids is 1. The number of nitrogens with zero attached hydrogens (tertiary/aromatic N) is 1. The summed E-state index contributed by atoms with van der Waals surface area (Å²) >= 11 is 0. The highest BCUT2D eigenvalue weighted by Crippen LogP contribution is 2.26. The number of benzene rings is 1. The fourth-order valence-electron chi connectivity index (χ4n) is 2.93. The number of amides is 1. The second kappa shape index (κ2) is 5.81. The van der Waals surface area contributed by atoms with Crippen LogP contribution in [0.5, 0.6) is 0 Å². The number of rotatable bonds is 4. The molecule has 3 rings (SSSR count). The third-order valence-electron chi connectivity index (χ3n) is 4.11. The molecular weight excluding hydrogens is 271 g/mol. The molecule has 2 atom stereocenters. The summed E-state index contributed by atoms with van der Waals surface area (Å²) < 4.78 is 13.1. The summed E-state index contributed by atoms with van der Waals surface area (Å²) in [5, 5.41) is 2.84. The van der Waals surface area contributed by atoms with Gasteiger partial charge in [-0.1, -0.05) is 6.42 Å². The van der Waals surface area contributed by atoms with Crippen LogP contribution >= 0.6 is 0 Å². The molecule has 1 aromatic carbocycles. The van der Waals surface area contributed by atoms with Gasteiger partial charge in [-0.25, -0.2) is 9.37 Å². The van der Waals surface area contributed by atoms with Gasteiger partial charge in [0.25, 0.3) is 0 Å². The third kappa shape index (κ3) is 3.21. The SMILES string of the molecule is N[C@@H]1CCC[C@H]1CC(=O)NCc1nc2ccc(F)cc2[nH]1. The van der Waals surface area contributed by atoms with Crippen LogP contribution in [0.15, 0.2) is 18.2 Å². The molecule has 1 heterocycles. The average molecular weight is 290 g/mol. The standard InChI is InChI=1S/C15H19FN4O/c16-10-4-5-12-13(7-10)20-14(19-12)8-18-15(21)6-9-2-1-3-11(9)17/h4-5,7,9,11H,1-3,6,8,17H2,(H,18,21)(H,19,20)/t9-,11+/m0/s1. The Morgan fingerprint density at radius 2 is 2.33 bits per heavy atom. The van der Waals surface area contributed by atoms with Crippen LogP contribution in [0.3, 0.4) is 0 Å². The third-order valence-corrected chi connectivity index (χ3v) is 4.11. The Balaban J connectivity index is 1.57. The maximum absolute atomic E-state index is 13.1. The molecule has 6 heteroatoms. The van der Waals surface area contributed by atoms with Crippen molar-refractivity contribution >= 4 is 16.9 Å². The first-order valence-electron chi connectivity index (χ1n) is 7.28. The number of nitrogens with two attached hydrogens (primary N) is 1. The van der Waals surface area contributed by atoms with Gasteiger partial charge in [-0.15, -0.1) is 0 Å². The summed E-state index contributed by atoms with van der Waals surface area (Å²) in [5.41, 5.74) is 7.29. The molecule has 1 aliphatic rings. The Labute approximate surface area is 122 Å². The van der Waals surface area contributed by atoms with Gasteiger partial charge >= 0.3 is 0 Å². The van der Waals surface area contributed by atoms with E-state index in [1.807, 2.05) is 0 Å². The second-order valence-electron chi connectivity index (χ2n) is 5.68. The summed E-state index contributed by atoms with van der Waals surface area (Å²) in [6, 6.07) is 4.52. The zero-order valence-corrected chi connectivity index (χ0v) is 11.7. The Kier molecular flexibility index (Phi) is 3.88. The molecule has 0 unspecified atom stereocenters. The molecule has 4 N–H and O–H groups in total. The molecule has 112 valence electrons. The highest BCUT2D eigenvalue weighted by atomic mass is 19.1. The molecule has 0 aliphatic heterocycles. The van der Waals surface area contributed by atoms with Crippen molar-refractivity contribution in [3.63, 3.8) is 0 Å². The Bertz CT molecular complexity index is 654. The Morgan fingerprint density at radius 1 is 1.48 bits per heavy atom. The average Bonchev–Trinajstić information content (AvgIpc) is 3.02. The number of H-pyrrole nitrogens is 1. The van der Waals surface area contributed by atoms with Crippen molar-refractivity contribution in [2.24, 2.45) is 11.7 Å². The van der Waals surface area contributed by atoms with Crippen LogP contribution in [0.1, 0.15) is 31.5 Å². The molecule has 1 aliphatic carbocycles. The number of halogens is 1. The smallest absolute Gasteiger partial charge is 0.220 e. The Hall–Kier alpha value is -1.95. The first-order chi connectivity index (χ1) is 10.1. The van der Waals surface area contributed by atoms with Crippen molar-refractivity contribution in [3.8, 4) is 0 Å². The lowest BCUT2D eigenvalue weighted by Crippen LogP contribution is -2.31. The quantitative estimate of drug-likeness (QED) is 0.803. The second-order valence-corrected chi connectivity index (χ2v) is 5.68. The number of aromatic nitrogens is 2. The van der Waals surface area contributed by atoms with E-state index in [-0.39, 0.29) is 23.7 Å². The molecule has 1 saturated carbocycles. The van der Waals surface area contributed by atoms with Crippen molar-refractivity contribution in [3.05, 3.63) is 29.8 Å². The van der Waals surface area contributed by atoms with Crippen LogP contribution in [-0.4, -0.2) is 21.9 Å². The van der Waals surface area contributed by atoms with E-state index in [2.05, 4.69) is 15.3 Å². The van der Waals surface area contributed by atoms with Crippen LogP contribution in [0.4, 0.5) is 4.39 Å². The topological polar surface area (TPSA) is 83.8 Å².